The lowest BCUT2D eigenvalue weighted by Gasteiger charge is -2.17. The van der Waals surface area contributed by atoms with E-state index in [1.54, 1.807) is 31.4 Å². The van der Waals surface area contributed by atoms with Crippen LogP contribution in [0.3, 0.4) is 0 Å². The average Bonchev–Trinajstić information content (AvgIpc) is 2.67. The third-order valence-electron chi connectivity index (χ3n) is 3.41. The molecule has 0 aliphatic rings. The standard InChI is InChI=1S/C17H18N6O3/c1-23(16-5-3-4-13(11-24)21-16)17(25)22-15-8-14(19-6-7-26-2)12(9-18)10-20-15/h3-5,8,10-11H,6-7H2,1-2H3,(H2,19,20,22,25). The van der Waals surface area contributed by atoms with E-state index in [0.29, 0.717) is 36.5 Å². The maximum absolute atomic E-state index is 12.4. The molecule has 0 saturated heterocycles. The molecule has 0 unspecified atom stereocenters. The number of anilines is 3. The van der Waals surface area contributed by atoms with E-state index in [9.17, 15) is 9.59 Å². The lowest BCUT2D eigenvalue weighted by molar-refractivity contribution is 0.111. The smallest absolute Gasteiger partial charge is 0.328 e. The first-order valence-electron chi connectivity index (χ1n) is 7.69. The molecule has 2 rings (SSSR count). The Morgan fingerprint density at radius 1 is 1.46 bits per heavy atom. The molecule has 26 heavy (non-hydrogen) atoms. The maximum atomic E-state index is 12.4. The van der Waals surface area contributed by atoms with Crippen molar-refractivity contribution in [3.63, 3.8) is 0 Å². The van der Waals surface area contributed by atoms with Crippen molar-refractivity contribution in [1.29, 1.82) is 5.26 Å². The second-order valence-electron chi connectivity index (χ2n) is 5.17. The Morgan fingerprint density at radius 3 is 2.96 bits per heavy atom. The number of urea groups is 1. The van der Waals surface area contributed by atoms with Gasteiger partial charge in [-0.25, -0.2) is 14.8 Å². The van der Waals surface area contributed by atoms with Gasteiger partial charge >= 0.3 is 6.03 Å². The number of nitrogens with zero attached hydrogens (tertiary/aromatic N) is 4. The number of nitrogens with one attached hydrogen (secondary N) is 2. The van der Waals surface area contributed by atoms with Crippen LogP contribution < -0.4 is 15.5 Å². The minimum absolute atomic E-state index is 0.225. The second kappa shape index (κ2) is 9.10. The Balaban J connectivity index is 2.13. The summed E-state index contributed by atoms with van der Waals surface area (Å²) in [4.78, 5) is 32.6. The number of rotatable bonds is 7. The van der Waals surface area contributed by atoms with Crippen LogP contribution in [0.25, 0.3) is 0 Å². The summed E-state index contributed by atoms with van der Waals surface area (Å²) < 4.78 is 4.96. The fraction of sp³-hybridized carbons (Fsp3) is 0.235. The summed E-state index contributed by atoms with van der Waals surface area (Å²) in [6.45, 7) is 0.973. The van der Waals surface area contributed by atoms with Gasteiger partial charge in [-0.05, 0) is 12.1 Å². The predicted octanol–water partition coefficient (Wildman–Crippen LogP) is 1.89. The topological polar surface area (TPSA) is 120 Å². The van der Waals surface area contributed by atoms with Crippen LogP contribution in [0.4, 0.5) is 22.1 Å². The molecule has 134 valence electrons. The van der Waals surface area contributed by atoms with Crippen LogP contribution in [0.15, 0.2) is 30.5 Å². The van der Waals surface area contributed by atoms with Crippen molar-refractivity contribution >= 4 is 29.6 Å². The van der Waals surface area contributed by atoms with Gasteiger partial charge in [0, 0.05) is 33.0 Å². The Bertz CT molecular complexity index is 833. The normalized spacial score (nSPS) is 9.88. The summed E-state index contributed by atoms with van der Waals surface area (Å²) in [5, 5.41) is 14.8. The van der Waals surface area contributed by atoms with Crippen LogP contribution in [-0.4, -0.2) is 49.6 Å². The summed E-state index contributed by atoms with van der Waals surface area (Å²) >= 11 is 0. The van der Waals surface area contributed by atoms with Crippen LogP contribution >= 0.6 is 0 Å². The van der Waals surface area contributed by atoms with Crippen LogP contribution in [0.1, 0.15) is 16.1 Å². The molecule has 2 amide bonds. The molecule has 0 radical (unpaired) electrons. The van der Waals surface area contributed by atoms with Crippen molar-refractivity contribution in [2.45, 2.75) is 0 Å². The summed E-state index contributed by atoms with van der Waals surface area (Å²) in [6.07, 6.45) is 1.98. The molecule has 0 aliphatic heterocycles. The molecule has 0 atom stereocenters. The third kappa shape index (κ3) is 4.75. The van der Waals surface area contributed by atoms with Crippen molar-refractivity contribution in [3.05, 3.63) is 41.7 Å². The number of hydrogen-bond acceptors (Lipinski definition) is 7. The highest BCUT2D eigenvalue weighted by Gasteiger charge is 2.14. The molecule has 0 spiro atoms. The van der Waals surface area contributed by atoms with Crippen LogP contribution in [0.2, 0.25) is 0 Å². The Morgan fingerprint density at radius 2 is 2.27 bits per heavy atom. The quantitative estimate of drug-likeness (QED) is 0.575. The van der Waals surface area contributed by atoms with Gasteiger partial charge in [0.2, 0.25) is 0 Å². The number of carbonyl (C=O) groups is 2. The average molecular weight is 354 g/mol. The first-order chi connectivity index (χ1) is 12.6. The lowest BCUT2D eigenvalue weighted by atomic mass is 10.2. The van der Waals surface area contributed by atoms with Gasteiger partial charge in [-0.3, -0.25) is 15.0 Å². The van der Waals surface area contributed by atoms with E-state index in [4.69, 9.17) is 10.00 Å². The predicted molar refractivity (Wildman–Crippen MR) is 96.4 cm³/mol. The van der Waals surface area contributed by atoms with E-state index < -0.39 is 6.03 Å². The van der Waals surface area contributed by atoms with Crippen molar-refractivity contribution in [1.82, 2.24) is 9.97 Å². The molecule has 0 bridgehead atoms. The highest BCUT2D eigenvalue weighted by Crippen LogP contribution is 2.18. The first-order valence-corrected chi connectivity index (χ1v) is 7.69. The largest absolute Gasteiger partial charge is 0.383 e. The summed E-state index contributed by atoms with van der Waals surface area (Å²) in [7, 11) is 3.10. The van der Waals surface area contributed by atoms with E-state index in [-0.39, 0.29) is 11.5 Å². The molecule has 2 heterocycles. The van der Waals surface area contributed by atoms with Crippen molar-refractivity contribution in [2.24, 2.45) is 0 Å². The van der Waals surface area contributed by atoms with Gasteiger partial charge in [-0.1, -0.05) is 6.07 Å². The molecule has 0 aromatic carbocycles. The molecule has 0 aliphatic carbocycles. The highest BCUT2D eigenvalue weighted by atomic mass is 16.5. The number of carbonyl (C=O) groups excluding carboxylic acids is 2. The molecule has 9 nitrogen and oxygen atoms in total. The summed E-state index contributed by atoms with van der Waals surface area (Å²) in [5.74, 6) is 0.589. The summed E-state index contributed by atoms with van der Waals surface area (Å²) in [5.41, 5.74) is 1.12. The second-order valence-corrected chi connectivity index (χ2v) is 5.17. The van der Waals surface area contributed by atoms with E-state index in [0.717, 1.165) is 0 Å². The number of aromatic nitrogens is 2. The number of hydrogen-bond donors (Lipinski definition) is 2. The summed E-state index contributed by atoms with van der Waals surface area (Å²) in [6, 6.07) is 7.90. The van der Waals surface area contributed by atoms with Gasteiger partial charge in [0.15, 0.2) is 6.29 Å². The monoisotopic (exact) mass is 354 g/mol. The van der Waals surface area contributed by atoms with Crippen molar-refractivity contribution in [3.8, 4) is 6.07 Å². The number of nitriles is 1. The SMILES string of the molecule is COCCNc1cc(NC(=O)N(C)c2cccc(C=O)n2)ncc1C#N. The lowest BCUT2D eigenvalue weighted by Crippen LogP contribution is -2.32. The number of ether oxygens (including phenoxy) is 1. The number of amides is 2. The van der Waals surface area contributed by atoms with E-state index in [2.05, 4.69) is 20.6 Å². The van der Waals surface area contributed by atoms with E-state index >= 15 is 0 Å². The maximum Gasteiger partial charge on any atom is 0.328 e. The number of pyridine rings is 2. The molecular weight excluding hydrogens is 336 g/mol. The van der Waals surface area contributed by atoms with Crippen LogP contribution in [0.5, 0.6) is 0 Å². The highest BCUT2D eigenvalue weighted by molar-refractivity contribution is 6.00. The Hall–Kier alpha value is -3.51. The van der Waals surface area contributed by atoms with Crippen molar-refractivity contribution < 1.29 is 14.3 Å². The van der Waals surface area contributed by atoms with Crippen LogP contribution in [0, 0.1) is 11.3 Å². The fourth-order valence-corrected chi connectivity index (χ4v) is 2.04. The zero-order valence-corrected chi connectivity index (χ0v) is 14.4. The van der Waals surface area contributed by atoms with Gasteiger partial charge in [-0.15, -0.1) is 0 Å². The molecule has 2 aromatic rings. The molecule has 9 heteroatoms. The van der Waals surface area contributed by atoms with Gasteiger partial charge in [0.25, 0.3) is 0 Å². The number of aldehydes is 1. The van der Waals surface area contributed by atoms with Gasteiger partial charge in [-0.2, -0.15) is 5.26 Å². The molecule has 2 aromatic heterocycles. The van der Waals surface area contributed by atoms with Crippen LogP contribution in [-0.2, 0) is 4.74 Å². The van der Waals surface area contributed by atoms with Gasteiger partial charge < -0.3 is 10.1 Å². The number of methoxy groups -OCH3 is 1. The molecule has 0 saturated carbocycles. The minimum atomic E-state index is -0.486. The zero-order chi connectivity index (χ0) is 18.9. The molecule has 0 fully saturated rings. The molecular formula is C17H18N6O3. The zero-order valence-electron chi connectivity index (χ0n) is 14.4. The van der Waals surface area contributed by atoms with E-state index in [1.807, 2.05) is 6.07 Å². The van der Waals surface area contributed by atoms with Gasteiger partial charge in [0.05, 0.1) is 17.9 Å². The third-order valence-corrected chi connectivity index (χ3v) is 3.41. The first kappa shape index (κ1) is 18.8. The molecule has 2 N–H and O–H groups in total. The van der Waals surface area contributed by atoms with E-state index in [1.165, 1.54) is 18.1 Å². The minimum Gasteiger partial charge on any atom is -0.383 e. The Kier molecular flexibility index (Phi) is 6.59. The Labute approximate surface area is 150 Å². The van der Waals surface area contributed by atoms with Gasteiger partial charge in [0.1, 0.15) is 23.4 Å². The van der Waals surface area contributed by atoms with Crippen molar-refractivity contribution in [2.75, 3.05) is 42.8 Å². The fourth-order valence-electron chi connectivity index (χ4n) is 2.04.